The third-order valence-corrected chi connectivity index (χ3v) is 6.10. The van der Waals surface area contributed by atoms with Crippen molar-refractivity contribution >= 4 is 10.0 Å². The lowest BCUT2D eigenvalue weighted by Crippen LogP contribution is -2.34. The molecule has 0 aliphatic heterocycles. The lowest BCUT2D eigenvalue weighted by atomic mass is 10.0. The Morgan fingerprint density at radius 1 is 1.04 bits per heavy atom. The maximum absolute atomic E-state index is 12.8. The number of likely N-dealkylation sites (N-methyl/N-ethyl adjacent to an activating group) is 1. The number of hydrogen-bond acceptors (Lipinski definition) is 4. The van der Waals surface area contributed by atoms with E-state index in [1.165, 1.54) is 5.56 Å². The summed E-state index contributed by atoms with van der Waals surface area (Å²) in [6, 6.07) is 11.5. The molecule has 2 aromatic carbocycles. The first kappa shape index (κ1) is 20.4. The average molecular weight is 377 g/mol. The minimum Gasteiger partial charge on any atom is -0.496 e. The summed E-state index contributed by atoms with van der Waals surface area (Å²) in [6.07, 6.45) is 0. The van der Waals surface area contributed by atoms with Gasteiger partial charge in [0.2, 0.25) is 10.0 Å². The monoisotopic (exact) mass is 376 g/mol. The number of rotatable bonds is 7. The Morgan fingerprint density at radius 2 is 1.65 bits per heavy atom. The zero-order valence-corrected chi connectivity index (χ0v) is 17.1. The molecule has 1 N–H and O–H groups in total. The fourth-order valence-corrected chi connectivity index (χ4v) is 4.27. The molecule has 0 aliphatic rings. The van der Waals surface area contributed by atoms with Crippen LogP contribution in [0.3, 0.4) is 0 Å². The van der Waals surface area contributed by atoms with E-state index in [9.17, 15) is 8.42 Å². The second kappa shape index (κ2) is 8.20. The Morgan fingerprint density at radius 3 is 2.19 bits per heavy atom. The Bertz CT molecular complexity index is 859. The van der Waals surface area contributed by atoms with Crippen LogP contribution in [0.25, 0.3) is 0 Å². The van der Waals surface area contributed by atoms with E-state index in [-0.39, 0.29) is 10.9 Å². The van der Waals surface area contributed by atoms with E-state index in [2.05, 4.69) is 4.72 Å². The smallest absolute Gasteiger partial charge is 0.240 e. The number of hydrogen-bond donors (Lipinski definition) is 1. The van der Waals surface area contributed by atoms with Crippen LogP contribution in [0.1, 0.15) is 28.3 Å². The molecule has 0 saturated heterocycles. The van der Waals surface area contributed by atoms with Crippen LogP contribution in [0.5, 0.6) is 5.75 Å². The maximum Gasteiger partial charge on any atom is 0.240 e. The lowest BCUT2D eigenvalue weighted by Gasteiger charge is -2.25. The maximum atomic E-state index is 12.8. The van der Waals surface area contributed by atoms with Crippen molar-refractivity contribution in [3.05, 3.63) is 58.7 Å². The number of aryl methyl sites for hydroxylation is 3. The summed E-state index contributed by atoms with van der Waals surface area (Å²) in [5, 5.41) is 0. The number of nitrogens with one attached hydrogen (secondary N) is 1. The molecule has 1 atom stereocenters. The number of nitrogens with zero attached hydrogens (tertiary/aromatic N) is 1. The molecule has 1 unspecified atom stereocenters. The molecule has 0 saturated carbocycles. The van der Waals surface area contributed by atoms with Gasteiger partial charge in [0.25, 0.3) is 0 Å². The van der Waals surface area contributed by atoms with Crippen LogP contribution >= 0.6 is 0 Å². The van der Waals surface area contributed by atoms with Crippen LogP contribution in [-0.4, -0.2) is 41.1 Å². The molecule has 0 heterocycles. The zero-order valence-electron chi connectivity index (χ0n) is 16.3. The standard InChI is InChI=1S/C20H28N2O3S/c1-14-7-9-17(10-8-14)18(22(4)5)13-21-26(23,24)20-12-15(2)19(25-6)11-16(20)3/h7-12,18,21H,13H2,1-6H3. The molecule has 0 aromatic heterocycles. The number of sulfonamides is 1. The normalized spacial score (nSPS) is 13.0. The highest BCUT2D eigenvalue weighted by atomic mass is 32.2. The van der Waals surface area contributed by atoms with Gasteiger partial charge in [0, 0.05) is 12.6 Å². The van der Waals surface area contributed by atoms with Gasteiger partial charge in [-0.1, -0.05) is 29.8 Å². The van der Waals surface area contributed by atoms with Crippen molar-refractivity contribution in [2.24, 2.45) is 0 Å². The highest BCUT2D eigenvalue weighted by Crippen LogP contribution is 2.26. The van der Waals surface area contributed by atoms with E-state index in [0.29, 0.717) is 17.9 Å². The van der Waals surface area contributed by atoms with Gasteiger partial charge in [-0.15, -0.1) is 0 Å². The van der Waals surface area contributed by atoms with E-state index in [1.807, 2.05) is 57.1 Å². The summed E-state index contributed by atoms with van der Waals surface area (Å²) < 4.78 is 33.7. The molecule has 0 radical (unpaired) electrons. The van der Waals surface area contributed by atoms with Crippen molar-refractivity contribution in [2.75, 3.05) is 27.7 Å². The first-order valence-corrected chi connectivity index (χ1v) is 10.0. The van der Waals surface area contributed by atoms with Crippen LogP contribution in [0, 0.1) is 20.8 Å². The predicted molar refractivity (Wildman–Crippen MR) is 105 cm³/mol. The fourth-order valence-electron chi connectivity index (χ4n) is 2.93. The molecule has 142 valence electrons. The van der Waals surface area contributed by atoms with Crippen LogP contribution < -0.4 is 9.46 Å². The summed E-state index contributed by atoms with van der Waals surface area (Å²) >= 11 is 0. The van der Waals surface area contributed by atoms with Crippen LogP contribution in [0.15, 0.2) is 41.3 Å². The summed E-state index contributed by atoms with van der Waals surface area (Å²) in [5.41, 5.74) is 3.71. The minimum absolute atomic E-state index is 0.0509. The zero-order chi connectivity index (χ0) is 19.5. The number of benzene rings is 2. The summed E-state index contributed by atoms with van der Waals surface area (Å²) in [7, 11) is 1.86. The largest absolute Gasteiger partial charge is 0.496 e. The van der Waals surface area contributed by atoms with Gasteiger partial charge >= 0.3 is 0 Å². The number of ether oxygens (including phenoxy) is 1. The Balaban J connectivity index is 2.25. The molecule has 5 nitrogen and oxygen atoms in total. The lowest BCUT2D eigenvalue weighted by molar-refractivity contribution is 0.299. The van der Waals surface area contributed by atoms with Gasteiger partial charge in [-0.25, -0.2) is 13.1 Å². The minimum atomic E-state index is -3.62. The molecule has 0 spiro atoms. The molecule has 0 fully saturated rings. The highest BCUT2D eigenvalue weighted by molar-refractivity contribution is 7.89. The fraction of sp³-hybridized carbons (Fsp3) is 0.400. The molecular weight excluding hydrogens is 348 g/mol. The number of methoxy groups -OCH3 is 1. The van der Waals surface area contributed by atoms with Gasteiger partial charge in [0.1, 0.15) is 5.75 Å². The Kier molecular flexibility index (Phi) is 6.44. The van der Waals surface area contributed by atoms with Crippen molar-refractivity contribution in [1.82, 2.24) is 9.62 Å². The Labute approximate surface area is 157 Å². The molecule has 2 aromatic rings. The van der Waals surface area contributed by atoms with Crippen molar-refractivity contribution in [3.8, 4) is 5.75 Å². The van der Waals surface area contributed by atoms with Crippen LogP contribution in [0.4, 0.5) is 0 Å². The van der Waals surface area contributed by atoms with Gasteiger partial charge in [-0.3, -0.25) is 0 Å². The van der Waals surface area contributed by atoms with Gasteiger partial charge in [0.05, 0.1) is 12.0 Å². The Hall–Kier alpha value is -1.89. The average Bonchev–Trinajstić information content (AvgIpc) is 2.57. The third kappa shape index (κ3) is 4.63. The van der Waals surface area contributed by atoms with E-state index < -0.39 is 10.0 Å². The van der Waals surface area contributed by atoms with Crippen molar-refractivity contribution in [2.45, 2.75) is 31.7 Å². The van der Waals surface area contributed by atoms with Gasteiger partial charge in [-0.05, 0) is 63.7 Å². The molecule has 2 rings (SSSR count). The highest BCUT2D eigenvalue weighted by Gasteiger charge is 2.22. The SMILES string of the molecule is COc1cc(C)c(S(=O)(=O)NCC(c2ccc(C)cc2)N(C)C)cc1C. The van der Waals surface area contributed by atoms with E-state index >= 15 is 0 Å². The van der Waals surface area contributed by atoms with E-state index in [4.69, 9.17) is 4.74 Å². The summed E-state index contributed by atoms with van der Waals surface area (Å²) in [4.78, 5) is 2.30. The second-order valence-electron chi connectivity index (χ2n) is 6.83. The summed E-state index contributed by atoms with van der Waals surface area (Å²) in [5.74, 6) is 0.687. The second-order valence-corrected chi connectivity index (χ2v) is 8.56. The van der Waals surface area contributed by atoms with Gasteiger partial charge in [-0.2, -0.15) is 0 Å². The summed E-state index contributed by atoms with van der Waals surface area (Å²) in [6.45, 7) is 5.95. The molecule has 0 amide bonds. The van der Waals surface area contributed by atoms with Crippen molar-refractivity contribution in [1.29, 1.82) is 0 Å². The molecule has 0 bridgehead atoms. The van der Waals surface area contributed by atoms with Crippen molar-refractivity contribution < 1.29 is 13.2 Å². The molecule has 6 heteroatoms. The van der Waals surface area contributed by atoms with Gasteiger partial charge in [0.15, 0.2) is 0 Å². The first-order valence-electron chi connectivity index (χ1n) is 8.53. The molecule has 0 aliphatic carbocycles. The van der Waals surface area contributed by atoms with E-state index in [1.54, 1.807) is 26.2 Å². The van der Waals surface area contributed by atoms with Crippen LogP contribution in [0.2, 0.25) is 0 Å². The quantitative estimate of drug-likeness (QED) is 0.806. The third-order valence-electron chi connectivity index (χ3n) is 4.53. The van der Waals surface area contributed by atoms with E-state index in [0.717, 1.165) is 11.1 Å². The first-order chi connectivity index (χ1) is 12.2. The van der Waals surface area contributed by atoms with Crippen molar-refractivity contribution in [3.63, 3.8) is 0 Å². The van der Waals surface area contributed by atoms with Crippen LogP contribution in [-0.2, 0) is 10.0 Å². The molecule has 26 heavy (non-hydrogen) atoms. The topological polar surface area (TPSA) is 58.6 Å². The predicted octanol–water partition coefficient (Wildman–Crippen LogP) is 3.20. The van der Waals surface area contributed by atoms with Gasteiger partial charge < -0.3 is 9.64 Å². The molecular formula is C20H28N2O3S.